The third-order valence-electron chi connectivity index (χ3n) is 2.57. The van der Waals surface area contributed by atoms with Gasteiger partial charge < -0.3 is 10.5 Å². The van der Waals surface area contributed by atoms with Crippen LogP contribution in [-0.2, 0) is 0 Å². The molecule has 0 saturated heterocycles. The summed E-state index contributed by atoms with van der Waals surface area (Å²) in [5.41, 5.74) is 7.94. The fourth-order valence-corrected chi connectivity index (χ4v) is 1.86. The molecule has 70 valence electrons. The molecule has 2 heterocycles. The summed E-state index contributed by atoms with van der Waals surface area (Å²) in [6.45, 7) is 0.573. The van der Waals surface area contributed by atoms with Crippen LogP contribution >= 0.6 is 0 Å². The molecule has 0 unspecified atom stereocenters. The molecule has 0 spiro atoms. The van der Waals surface area contributed by atoms with Crippen molar-refractivity contribution in [1.29, 1.82) is 0 Å². The standard InChI is InChI=1S/C11H10N2O/c12-9-6-14-11-7(9)3-4-10-8(11)2-1-5-13-10/h1-5,9H,6,12H2/t9-/m0/s1. The monoisotopic (exact) mass is 186 g/mol. The lowest BCUT2D eigenvalue weighted by atomic mass is 10.1. The molecular weight excluding hydrogens is 176 g/mol. The molecule has 14 heavy (non-hydrogen) atoms. The minimum Gasteiger partial charge on any atom is -0.491 e. The van der Waals surface area contributed by atoms with E-state index < -0.39 is 0 Å². The van der Waals surface area contributed by atoms with Gasteiger partial charge in [0.2, 0.25) is 0 Å². The minimum atomic E-state index is 0.00889. The van der Waals surface area contributed by atoms with E-state index in [2.05, 4.69) is 4.98 Å². The van der Waals surface area contributed by atoms with Crippen molar-refractivity contribution in [2.75, 3.05) is 6.61 Å². The van der Waals surface area contributed by atoms with Crippen molar-refractivity contribution in [3.63, 3.8) is 0 Å². The van der Waals surface area contributed by atoms with Crippen molar-refractivity contribution in [2.45, 2.75) is 6.04 Å². The summed E-state index contributed by atoms with van der Waals surface area (Å²) in [5, 5.41) is 1.05. The van der Waals surface area contributed by atoms with Gasteiger partial charge in [0.15, 0.2) is 0 Å². The first-order valence-corrected chi connectivity index (χ1v) is 4.62. The molecule has 1 aromatic carbocycles. The summed E-state index contributed by atoms with van der Waals surface area (Å²) >= 11 is 0. The third-order valence-corrected chi connectivity index (χ3v) is 2.57. The van der Waals surface area contributed by atoms with Gasteiger partial charge in [-0.3, -0.25) is 4.98 Å². The normalized spacial score (nSPS) is 19.4. The molecule has 2 aromatic rings. The maximum Gasteiger partial charge on any atom is 0.133 e. The van der Waals surface area contributed by atoms with Crippen molar-refractivity contribution in [1.82, 2.24) is 4.98 Å². The van der Waals surface area contributed by atoms with Crippen LogP contribution < -0.4 is 10.5 Å². The Balaban J connectivity index is 2.38. The molecule has 0 fully saturated rings. The molecular formula is C11H10N2O. The van der Waals surface area contributed by atoms with Crippen LogP contribution in [-0.4, -0.2) is 11.6 Å². The number of benzene rings is 1. The first-order chi connectivity index (χ1) is 6.86. The summed E-state index contributed by atoms with van der Waals surface area (Å²) in [6.07, 6.45) is 1.78. The van der Waals surface area contributed by atoms with Gasteiger partial charge in [0.05, 0.1) is 11.6 Å². The second-order valence-corrected chi connectivity index (χ2v) is 3.47. The Kier molecular flexibility index (Phi) is 1.49. The Hall–Kier alpha value is -1.61. The highest BCUT2D eigenvalue weighted by molar-refractivity contribution is 5.87. The summed E-state index contributed by atoms with van der Waals surface area (Å²) < 4.78 is 5.56. The average molecular weight is 186 g/mol. The van der Waals surface area contributed by atoms with Gasteiger partial charge in [-0.05, 0) is 18.2 Å². The van der Waals surface area contributed by atoms with Crippen molar-refractivity contribution in [3.8, 4) is 5.75 Å². The van der Waals surface area contributed by atoms with Gasteiger partial charge in [-0.1, -0.05) is 6.07 Å². The van der Waals surface area contributed by atoms with E-state index in [0.29, 0.717) is 6.61 Å². The zero-order valence-corrected chi connectivity index (χ0v) is 7.60. The first-order valence-electron chi connectivity index (χ1n) is 4.62. The lowest BCUT2D eigenvalue weighted by molar-refractivity contribution is 0.336. The number of hydrogen-bond donors (Lipinski definition) is 1. The number of aromatic nitrogens is 1. The van der Waals surface area contributed by atoms with Gasteiger partial charge in [-0.25, -0.2) is 0 Å². The summed E-state index contributed by atoms with van der Waals surface area (Å²) in [5.74, 6) is 0.906. The first kappa shape index (κ1) is 7.76. The van der Waals surface area contributed by atoms with Gasteiger partial charge in [-0.15, -0.1) is 0 Å². The van der Waals surface area contributed by atoms with Crippen LogP contribution in [0.15, 0.2) is 30.5 Å². The predicted octanol–water partition coefficient (Wildman–Crippen LogP) is 1.63. The maximum atomic E-state index is 5.89. The van der Waals surface area contributed by atoms with Crippen LogP contribution in [0.4, 0.5) is 0 Å². The van der Waals surface area contributed by atoms with Crippen LogP contribution in [0.25, 0.3) is 10.9 Å². The Morgan fingerprint density at radius 3 is 3.21 bits per heavy atom. The number of ether oxygens (including phenoxy) is 1. The molecule has 0 bridgehead atoms. The van der Waals surface area contributed by atoms with E-state index in [1.165, 1.54) is 0 Å². The van der Waals surface area contributed by atoms with Crippen molar-refractivity contribution >= 4 is 10.9 Å². The summed E-state index contributed by atoms with van der Waals surface area (Å²) in [6, 6.07) is 7.93. The second kappa shape index (κ2) is 2.69. The number of hydrogen-bond acceptors (Lipinski definition) is 3. The molecule has 0 aliphatic carbocycles. The average Bonchev–Trinajstić information content (AvgIpc) is 2.61. The van der Waals surface area contributed by atoms with Gasteiger partial charge in [0.25, 0.3) is 0 Å². The molecule has 0 amide bonds. The number of nitrogens with zero attached hydrogens (tertiary/aromatic N) is 1. The third kappa shape index (κ3) is 0.930. The number of pyridine rings is 1. The molecule has 1 aliphatic rings. The largest absolute Gasteiger partial charge is 0.491 e. The van der Waals surface area contributed by atoms with Crippen molar-refractivity contribution < 1.29 is 4.74 Å². The topological polar surface area (TPSA) is 48.1 Å². The molecule has 1 aromatic heterocycles. The van der Waals surface area contributed by atoms with Gasteiger partial charge >= 0.3 is 0 Å². The molecule has 0 saturated carbocycles. The van der Waals surface area contributed by atoms with Crippen molar-refractivity contribution in [2.24, 2.45) is 5.73 Å². The highest BCUT2D eigenvalue weighted by Gasteiger charge is 2.22. The molecule has 0 radical (unpaired) electrons. The van der Waals surface area contributed by atoms with E-state index >= 15 is 0 Å². The van der Waals surface area contributed by atoms with E-state index in [4.69, 9.17) is 10.5 Å². The summed E-state index contributed by atoms with van der Waals surface area (Å²) in [7, 11) is 0. The number of nitrogens with two attached hydrogens (primary N) is 1. The Morgan fingerprint density at radius 1 is 1.36 bits per heavy atom. The molecule has 3 nitrogen and oxygen atoms in total. The molecule has 2 N–H and O–H groups in total. The Morgan fingerprint density at radius 2 is 2.29 bits per heavy atom. The second-order valence-electron chi connectivity index (χ2n) is 3.47. The zero-order valence-electron chi connectivity index (χ0n) is 7.60. The maximum absolute atomic E-state index is 5.89. The lowest BCUT2D eigenvalue weighted by Crippen LogP contribution is -2.10. The SMILES string of the molecule is N[C@H]1COc2c1ccc1ncccc21. The van der Waals surface area contributed by atoms with Crippen molar-refractivity contribution in [3.05, 3.63) is 36.0 Å². The molecule has 3 rings (SSSR count). The van der Waals surface area contributed by atoms with Crippen LogP contribution in [0, 0.1) is 0 Å². The van der Waals surface area contributed by atoms with Crippen LogP contribution in [0.5, 0.6) is 5.75 Å². The van der Waals surface area contributed by atoms with Crippen LogP contribution in [0.1, 0.15) is 11.6 Å². The number of rotatable bonds is 0. The minimum absolute atomic E-state index is 0.00889. The van der Waals surface area contributed by atoms with Gasteiger partial charge in [0.1, 0.15) is 12.4 Å². The lowest BCUT2D eigenvalue weighted by Gasteiger charge is -2.03. The number of fused-ring (bicyclic) bond motifs is 3. The van der Waals surface area contributed by atoms with E-state index in [1.807, 2.05) is 24.3 Å². The quantitative estimate of drug-likeness (QED) is 0.680. The molecule has 1 atom stereocenters. The smallest absolute Gasteiger partial charge is 0.133 e. The van der Waals surface area contributed by atoms with E-state index in [-0.39, 0.29) is 6.04 Å². The Bertz CT molecular complexity index is 496. The van der Waals surface area contributed by atoms with Crippen LogP contribution in [0.3, 0.4) is 0 Å². The fraction of sp³-hybridized carbons (Fsp3) is 0.182. The van der Waals surface area contributed by atoms with Gasteiger partial charge in [-0.2, -0.15) is 0 Å². The van der Waals surface area contributed by atoms with E-state index in [1.54, 1.807) is 6.20 Å². The fourth-order valence-electron chi connectivity index (χ4n) is 1.86. The van der Waals surface area contributed by atoms with E-state index in [9.17, 15) is 0 Å². The van der Waals surface area contributed by atoms with E-state index in [0.717, 1.165) is 22.2 Å². The highest BCUT2D eigenvalue weighted by atomic mass is 16.5. The zero-order chi connectivity index (χ0) is 9.54. The summed E-state index contributed by atoms with van der Waals surface area (Å²) in [4.78, 5) is 4.26. The van der Waals surface area contributed by atoms with Gasteiger partial charge in [0, 0.05) is 17.1 Å². The highest BCUT2D eigenvalue weighted by Crippen LogP contribution is 2.36. The molecule has 1 aliphatic heterocycles. The predicted molar refractivity (Wildman–Crippen MR) is 54.2 cm³/mol. The van der Waals surface area contributed by atoms with Crippen LogP contribution in [0.2, 0.25) is 0 Å². The Labute approximate surface area is 81.5 Å². The molecule has 3 heteroatoms.